The van der Waals surface area contributed by atoms with Gasteiger partial charge in [-0.3, -0.25) is 14.2 Å². The van der Waals surface area contributed by atoms with Crippen molar-refractivity contribution in [3.8, 4) is 0 Å². The van der Waals surface area contributed by atoms with Crippen LogP contribution >= 0.6 is 11.8 Å². The van der Waals surface area contributed by atoms with Gasteiger partial charge in [-0.15, -0.1) is 0 Å². The Labute approximate surface area is 172 Å². The van der Waals surface area contributed by atoms with Gasteiger partial charge in [0.2, 0.25) is 5.91 Å². The fraction of sp³-hybridized carbons (Fsp3) is 0.333. The summed E-state index contributed by atoms with van der Waals surface area (Å²) in [6, 6.07) is 9.64. The van der Waals surface area contributed by atoms with Crippen LogP contribution in [-0.4, -0.2) is 32.7 Å². The van der Waals surface area contributed by atoms with E-state index in [0.29, 0.717) is 35.7 Å². The highest BCUT2D eigenvalue weighted by Gasteiger charge is 2.14. The lowest BCUT2D eigenvalue weighted by atomic mass is 10.1. The van der Waals surface area contributed by atoms with E-state index >= 15 is 0 Å². The maximum absolute atomic E-state index is 12.9. The van der Waals surface area contributed by atoms with E-state index in [1.54, 1.807) is 35.0 Å². The molecule has 0 atom stereocenters. The molecule has 0 aliphatic rings. The van der Waals surface area contributed by atoms with Crippen molar-refractivity contribution in [2.45, 2.75) is 32.0 Å². The first-order valence-electron chi connectivity index (χ1n) is 9.43. The van der Waals surface area contributed by atoms with Crippen LogP contribution in [0.3, 0.4) is 0 Å². The molecule has 1 aromatic carbocycles. The molecule has 29 heavy (non-hydrogen) atoms. The number of hydrogen-bond acceptors (Lipinski definition) is 5. The SMILES string of the molecule is CC(C)Cn1c(SCC(=O)NCCc2ccc(F)cc2)nc2ncccc2c1=O. The predicted molar refractivity (Wildman–Crippen MR) is 112 cm³/mol. The smallest absolute Gasteiger partial charge is 0.263 e. The Balaban J connectivity index is 1.65. The van der Waals surface area contributed by atoms with E-state index in [-0.39, 0.29) is 29.0 Å². The first kappa shape index (κ1) is 21.0. The van der Waals surface area contributed by atoms with Crippen LogP contribution in [0.5, 0.6) is 0 Å². The summed E-state index contributed by atoms with van der Waals surface area (Å²) >= 11 is 1.22. The molecule has 0 aliphatic carbocycles. The van der Waals surface area contributed by atoms with Gasteiger partial charge in [0.05, 0.1) is 11.1 Å². The molecular weight excluding hydrogens is 391 g/mol. The third-order valence-electron chi connectivity index (χ3n) is 4.22. The van der Waals surface area contributed by atoms with E-state index in [2.05, 4.69) is 15.3 Å². The average molecular weight is 415 g/mol. The number of hydrogen-bond donors (Lipinski definition) is 1. The molecule has 8 heteroatoms. The Morgan fingerprint density at radius 3 is 2.72 bits per heavy atom. The highest BCUT2D eigenvalue weighted by Crippen LogP contribution is 2.17. The maximum Gasteiger partial charge on any atom is 0.263 e. The number of carbonyl (C=O) groups is 1. The minimum Gasteiger partial charge on any atom is -0.355 e. The van der Waals surface area contributed by atoms with E-state index in [9.17, 15) is 14.0 Å². The molecule has 6 nitrogen and oxygen atoms in total. The minimum absolute atomic E-state index is 0.143. The van der Waals surface area contributed by atoms with E-state index < -0.39 is 0 Å². The monoisotopic (exact) mass is 414 g/mol. The molecule has 1 N–H and O–H groups in total. The molecule has 152 valence electrons. The number of carbonyl (C=O) groups excluding carboxylic acids is 1. The van der Waals surface area contributed by atoms with Gasteiger partial charge in [0.1, 0.15) is 5.82 Å². The Kier molecular flexibility index (Phi) is 6.98. The molecule has 0 bridgehead atoms. The number of fused-ring (bicyclic) bond motifs is 1. The second-order valence-electron chi connectivity index (χ2n) is 7.09. The minimum atomic E-state index is -0.279. The third-order valence-corrected chi connectivity index (χ3v) is 5.20. The average Bonchev–Trinajstić information content (AvgIpc) is 2.70. The van der Waals surface area contributed by atoms with E-state index in [1.165, 1.54) is 23.9 Å². The molecule has 0 saturated carbocycles. The van der Waals surface area contributed by atoms with Gasteiger partial charge in [0, 0.05) is 19.3 Å². The fourth-order valence-electron chi connectivity index (χ4n) is 2.85. The number of amides is 1. The highest BCUT2D eigenvalue weighted by molar-refractivity contribution is 7.99. The van der Waals surface area contributed by atoms with Gasteiger partial charge < -0.3 is 5.32 Å². The third kappa shape index (κ3) is 5.63. The molecule has 2 aromatic heterocycles. The number of halogens is 1. The second-order valence-corrected chi connectivity index (χ2v) is 8.04. The zero-order chi connectivity index (χ0) is 20.8. The Morgan fingerprint density at radius 2 is 2.00 bits per heavy atom. The molecule has 1 amide bonds. The van der Waals surface area contributed by atoms with Gasteiger partial charge in [-0.25, -0.2) is 14.4 Å². The predicted octanol–water partition coefficient (Wildman–Crippen LogP) is 3.04. The summed E-state index contributed by atoms with van der Waals surface area (Å²) in [6.45, 7) is 5.02. The van der Waals surface area contributed by atoms with Crippen LogP contribution in [-0.2, 0) is 17.8 Å². The largest absolute Gasteiger partial charge is 0.355 e. The highest BCUT2D eigenvalue weighted by atomic mass is 32.2. The van der Waals surface area contributed by atoms with Crippen molar-refractivity contribution in [1.29, 1.82) is 0 Å². The number of nitrogens with one attached hydrogen (secondary N) is 1. The van der Waals surface area contributed by atoms with Crippen LogP contribution in [0.15, 0.2) is 52.5 Å². The molecule has 3 rings (SSSR count). The second kappa shape index (κ2) is 9.65. The van der Waals surface area contributed by atoms with Gasteiger partial charge >= 0.3 is 0 Å². The number of pyridine rings is 1. The number of benzene rings is 1. The van der Waals surface area contributed by atoms with Gasteiger partial charge in [-0.1, -0.05) is 37.7 Å². The summed E-state index contributed by atoms with van der Waals surface area (Å²) in [6.07, 6.45) is 2.21. The Hall–Kier alpha value is -2.74. The zero-order valence-corrected chi connectivity index (χ0v) is 17.2. The van der Waals surface area contributed by atoms with Crippen LogP contribution in [0, 0.1) is 11.7 Å². The lowest BCUT2D eigenvalue weighted by Crippen LogP contribution is -2.29. The lowest BCUT2D eigenvalue weighted by molar-refractivity contribution is -0.118. The number of rotatable bonds is 8. The summed E-state index contributed by atoms with van der Waals surface area (Å²) in [7, 11) is 0. The van der Waals surface area contributed by atoms with Crippen molar-refractivity contribution >= 4 is 28.7 Å². The molecular formula is C21H23FN4O2S. The number of aromatic nitrogens is 3. The summed E-state index contributed by atoms with van der Waals surface area (Å²) in [5.74, 6) is -0.0261. The van der Waals surface area contributed by atoms with Crippen molar-refractivity contribution in [1.82, 2.24) is 19.9 Å². The van der Waals surface area contributed by atoms with Crippen molar-refractivity contribution in [3.63, 3.8) is 0 Å². The molecule has 2 heterocycles. The van der Waals surface area contributed by atoms with Crippen molar-refractivity contribution in [2.24, 2.45) is 5.92 Å². The van der Waals surface area contributed by atoms with Crippen LogP contribution in [0.2, 0.25) is 0 Å². The molecule has 0 saturated heterocycles. The van der Waals surface area contributed by atoms with Crippen LogP contribution in [0.4, 0.5) is 4.39 Å². The van der Waals surface area contributed by atoms with Crippen molar-refractivity contribution in [3.05, 3.63) is 64.3 Å². The first-order valence-corrected chi connectivity index (χ1v) is 10.4. The summed E-state index contributed by atoms with van der Waals surface area (Å²) in [5.41, 5.74) is 1.19. The standard InChI is InChI=1S/C21H23FN4O2S/c1-14(2)12-26-20(28)17-4-3-10-24-19(17)25-21(26)29-13-18(27)23-11-9-15-5-7-16(22)8-6-15/h3-8,10,14H,9,11-13H2,1-2H3,(H,23,27). The fourth-order valence-corrected chi connectivity index (χ4v) is 3.68. The Morgan fingerprint density at radius 1 is 1.24 bits per heavy atom. The van der Waals surface area contributed by atoms with Crippen LogP contribution in [0.25, 0.3) is 11.0 Å². The molecule has 0 spiro atoms. The molecule has 0 aliphatic heterocycles. The zero-order valence-electron chi connectivity index (χ0n) is 16.4. The van der Waals surface area contributed by atoms with Crippen molar-refractivity contribution < 1.29 is 9.18 Å². The summed E-state index contributed by atoms with van der Waals surface area (Å²) in [4.78, 5) is 33.7. The summed E-state index contributed by atoms with van der Waals surface area (Å²) in [5, 5.41) is 3.81. The molecule has 0 fully saturated rings. The number of nitrogens with zero attached hydrogens (tertiary/aromatic N) is 3. The van der Waals surface area contributed by atoms with Crippen LogP contribution < -0.4 is 10.9 Å². The van der Waals surface area contributed by atoms with Crippen LogP contribution in [0.1, 0.15) is 19.4 Å². The number of thioether (sulfide) groups is 1. The quantitative estimate of drug-likeness (QED) is 0.453. The Bertz CT molecular complexity index is 1050. The first-order chi connectivity index (χ1) is 13.9. The van der Waals surface area contributed by atoms with Gasteiger partial charge in [-0.2, -0.15) is 0 Å². The topological polar surface area (TPSA) is 76.9 Å². The van der Waals surface area contributed by atoms with E-state index in [0.717, 1.165) is 5.56 Å². The normalized spacial score (nSPS) is 11.2. The lowest BCUT2D eigenvalue weighted by Gasteiger charge is -2.14. The maximum atomic E-state index is 12.9. The molecule has 0 radical (unpaired) electrons. The van der Waals surface area contributed by atoms with Gasteiger partial charge in [0.25, 0.3) is 5.56 Å². The molecule has 3 aromatic rings. The van der Waals surface area contributed by atoms with E-state index in [1.807, 2.05) is 13.8 Å². The molecule has 0 unspecified atom stereocenters. The van der Waals surface area contributed by atoms with Gasteiger partial charge in [-0.05, 0) is 42.2 Å². The summed E-state index contributed by atoms with van der Waals surface area (Å²) < 4.78 is 14.5. The van der Waals surface area contributed by atoms with E-state index in [4.69, 9.17) is 0 Å². The van der Waals surface area contributed by atoms with Gasteiger partial charge in [0.15, 0.2) is 10.8 Å². The van der Waals surface area contributed by atoms with Crippen molar-refractivity contribution in [2.75, 3.05) is 12.3 Å².